The first kappa shape index (κ1) is 17.6. The van der Waals surface area contributed by atoms with Crippen LogP contribution in [0.5, 0.6) is 0 Å². The Hall–Kier alpha value is 0.566. The van der Waals surface area contributed by atoms with Crippen molar-refractivity contribution in [3.63, 3.8) is 0 Å². The summed E-state index contributed by atoms with van der Waals surface area (Å²) in [7, 11) is 0. The average Bonchev–Trinajstić information content (AvgIpc) is 1.90. The quantitative estimate of drug-likeness (QED) is 0.405. The largest absolute Gasteiger partial charge is 2.00 e. The standard InChI is InChI=1S/C8H10.2ClH.Mg/c1-2-8-6-4-3-5-7-8;;;/h3-7H,2H2,1H3;2*1H;/q;;;+2/p-2. The summed E-state index contributed by atoms with van der Waals surface area (Å²) in [4.78, 5) is 0. The molecule has 0 fully saturated rings. The van der Waals surface area contributed by atoms with Crippen LogP contribution >= 0.6 is 0 Å². The van der Waals surface area contributed by atoms with Crippen LogP contribution in [0.15, 0.2) is 30.3 Å². The maximum atomic E-state index is 2.16. The van der Waals surface area contributed by atoms with Gasteiger partial charge in [0.25, 0.3) is 0 Å². The van der Waals surface area contributed by atoms with Crippen LogP contribution in [0.3, 0.4) is 0 Å². The molecule has 0 heterocycles. The Morgan fingerprint density at radius 3 is 1.73 bits per heavy atom. The molecule has 0 radical (unpaired) electrons. The van der Waals surface area contributed by atoms with Crippen LogP contribution in [0.2, 0.25) is 0 Å². The van der Waals surface area contributed by atoms with Crippen LogP contribution in [-0.4, -0.2) is 23.1 Å². The first-order valence-electron chi connectivity index (χ1n) is 2.97. The zero-order chi connectivity index (χ0) is 5.82. The molecule has 0 aliphatic heterocycles. The third-order valence-electron chi connectivity index (χ3n) is 1.25. The van der Waals surface area contributed by atoms with Gasteiger partial charge in [-0.05, 0) is 12.0 Å². The van der Waals surface area contributed by atoms with Crippen LogP contribution < -0.4 is 24.8 Å². The summed E-state index contributed by atoms with van der Waals surface area (Å²) in [5.41, 5.74) is 1.41. The Morgan fingerprint density at radius 2 is 1.45 bits per heavy atom. The van der Waals surface area contributed by atoms with Gasteiger partial charge >= 0.3 is 23.1 Å². The van der Waals surface area contributed by atoms with E-state index in [0.717, 1.165) is 6.42 Å². The minimum atomic E-state index is 0. The number of hydrogen-bond acceptors (Lipinski definition) is 0. The maximum Gasteiger partial charge on any atom is 2.00 e. The fourth-order valence-electron chi connectivity index (χ4n) is 0.714. The van der Waals surface area contributed by atoms with Crippen LogP contribution in [0.4, 0.5) is 0 Å². The Balaban J connectivity index is -0.000000213. The Labute approximate surface area is 96.7 Å². The molecule has 3 heteroatoms. The van der Waals surface area contributed by atoms with Crippen LogP contribution in [0.1, 0.15) is 12.5 Å². The van der Waals surface area contributed by atoms with Crippen molar-refractivity contribution in [2.75, 3.05) is 0 Å². The Morgan fingerprint density at radius 1 is 1.00 bits per heavy atom. The molecule has 0 aliphatic carbocycles. The summed E-state index contributed by atoms with van der Waals surface area (Å²) in [6, 6.07) is 10.5. The van der Waals surface area contributed by atoms with Gasteiger partial charge in [-0.3, -0.25) is 0 Å². The predicted molar refractivity (Wildman–Crippen MR) is 41.6 cm³/mol. The van der Waals surface area contributed by atoms with Crippen molar-refractivity contribution in [3.05, 3.63) is 35.9 Å². The second kappa shape index (κ2) is 10.6. The van der Waals surface area contributed by atoms with Crippen LogP contribution in [-0.2, 0) is 6.42 Å². The molecular weight excluding hydrogens is 191 g/mol. The number of rotatable bonds is 1. The molecule has 0 N–H and O–H groups in total. The van der Waals surface area contributed by atoms with E-state index in [0.29, 0.717) is 0 Å². The molecule has 0 aliphatic rings. The molecule has 0 saturated heterocycles. The zero-order valence-electron chi connectivity index (χ0n) is 6.56. The SMILES string of the molecule is CCc1ccccc1.[Cl-].[Cl-].[Mg+2]. The molecule has 58 valence electrons. The topological polar surface area (TPSA) is 0 Å². The molecule has 0 aromatic heterocycles. The van der Waals surface area contributed by atoms with Gasteiger partial charge in [-0.1, -0.05) is 37.3 Å². The summed E-state index contributed by atoms with van der Waals surface area (Å²) in [6.45, 7) is 2.16. The van der Waals surface area contributed by atoms with Gasteiger partial charge in [-0.15, -0.1) is 0 Å². The molecule has 0 saturated carbocycles. The van der Waals surface area contributed by atoms with Gasteiger partial charge in [-0.2, -0.15) is 0 Å². The summed E-state index contributed by atoms with van der Waals surface area (Å²) >= 11 is 0. The van der Waals surface area contributed by atoms with Crippen LogP contribution in [0.25, 0.3) is 0 Å². The summed E-state index contributed by atoms with van der Waals surface area (Å²) in [5, 5.41) is 0. The van der Waals surface area contributed by atoms with Gasteiger partial charge in [0.05, 0.1) is 0 Å². The molecule has 11 heavy (non-hydrogen) atoms. The maximum absolute atomic E-state index is 2.16. The summed E-state index contributed by atoms with van der Waals surface area (Å²) in [5.74, 6) is 0. The summed E-state index contributed by atoms with van der Waals surface area (Å²) < 4.78 is 0. The minimum absolute atomic E-state index is 0. The average molecular weight is 201 g/mol. The van der Waals surface area contributed by atoms with Crippen LogP contribution in [0, 0.1) is 0 Å². The van der Waals surface area contributed by atoms with Crippen molar-refractivity contribution < 1.29 is 24.8 Å². The third kappa shape index (κ3) is 6.94. The molecule has 1 aromatic carbocycles. The molecular formula is C8H10Cl2Mg. The van der Waals surface area contributed by atoms with Crippen molar-refractivity contribution in [1.29, 1.82) is 0 Å². The van der Waals surface area contributed by atoms with E-state index in [-0.39, 0.29) is 47.9 Å². The van der Waals surface area contributed by atoms with Gasteiger partial charge in [0.1, 0.15) is 0 Å². The minimum Gasteiger partial charge on any atom is -1.00 e. The fourth-order valence-corrected chi connectivity index (χ4v) is 0.714. The van der Waals surface area contributed by atoms with Crippen molar-refractivity contribution in [2.24, 2.45) is 0 Å². The molecule has 0 nitrogen and oxygen atoms in total. The van der Waals surface area contributed by atoms with E-state index >= 15 is 0 Å². The van der Waals surface area contributed by atoms with Crippen molar-refractivity contribution in [2.45, 2.75) is 13.3 Å². The Bertz CT molecular complexity index is 153. The van der Waals surface area contributed by atoms with Crippen molar-refractivity contribution >= 4 is 23.1 Å². The number of hydrogen-bond donors (Lipinski definition) is 0. The Kier molecular flexibility index (Phi) is 16.9. The van der Waals surface area contributed by atoms with E-state index in [2.05, 4.69) is 31.2 Å². The molecule has 0 amide bonds. The van der Waals surface area contributed by atoms with E-state index in [1.165, 1.54) is 5.56 Å². The zero-order valence-corrected chi connectivity index (χ0v) is 9.48. The molecule has 0 spiro atoms. The van der Waals surface area contributed by atoms with Crippen molar-refractivity contribution in [3.8, 4) is 0 Å². The van der Waals surface area contributed by atoms with Gasteiger partial charge in [0.2, 0.25) is 0 Å². The van der Waals surface area contributed by atoms with Gasteiger partial charge in [0, 0.05) is 0 Å². The smallest absolute Gasteiger partial charge is 1.00 e. The van der Waals surface area contributed by atoms with Gasteiger partial charge < -0.3 is 24.8 Å². The monoisotopic (exact) mass is 200 g/mol. The number of benzene rings is 1. The third-order valence-corrected chi connectivity index (χ3v) is 1.25. The number of aryl methyl sites for hydroxylation is 1. The molecule has 1 aromatic rings. The molecule has 0 unspecified atom stereocenters. The van der Waals surface area contributed by atoms with E-state index < -0.39 is 0 Å². The van der Waals surface area contributed by atoms with E-state index in [4.69, 9.17) is 0 Å². The second-order valence-electron chi connectivity index (χ2n) is 1.84. The molecule has 1 rings (SSSR count). The van der Waals surface area contributed by atoms with E-state index in [1.54, 1.807) is 0 Å². The number of halogens is 2. The van der Waals surface area contributed by atoms with E-state index in [1.807, 2.05) is 6.07 Å². The first-order valence-corrected chi connectivity index (χ1v) is 2.97. The molecule has 0 atom stereocenters. The van der Waals surface area contributed by atoms with E-state index in [9.17, 15) is 0 Å². The molecule has 0 bridgehead atoms. The van der Waals surface area contributed by atoms with Gasteiger partial charge in [-0.25, -0.2) is 0 Å². The normalized spacial score (nSPS) is 6.64. The second-order valence-corrected chi connectivity index (χ2v) is 1.84. The predicted octanol–water partition coefficient (Wildman–Crippen LogP) is -4.12. The van der Waals surface area contributed by atoms with Crippen molar-refractivity contribution in [1.82, 2.24) is 0 Å². The summed E-state index contributed by atoms with van der Waals surface area (Å²) in [6.07, 6.45) is 1.14. The van der Waals surface area contributed by atoms with Gasteiger partial charge in [0.15, 0.2) is 0 Å². The first-order chi connectivity index (χ1) is 3.93. The fraction of sp³-hybridized carbons (Fsp3) is 0.250.